The van der Waals surface area contributed by atoms with E-state index >= 15 is 0 Å². The first-order chi connectivity index (χ1) is 10.7. The summed E-state index contributed by atoms with van der Waals surface area (Å²) in [6, 6.07) is 0. The number of hydrogen-bond donors (Lipinski definition) is 1. The van der Waals surface area contributed by atoms with Crippen LogP contribution in [0.5, 0.6) is 0 Å². The van der Waals surface area contributed by atoms with Crippen LogP contribution in [-0.2, 0) is 14.0 Å². The molecule has 0 aliphatic rings. The van der Waals surface area contributed by atoms with Crippen molar-refractivity contribution in [2.24, 2.45) is 11.8 Å². The van der Waals surface area contributed by atoms with Gasteiger partial charge in [0.05, 0.1) is 18.1 Å². The summed E-state index contributed by atoms with van der Waals surface area (Å²) in [4.78, 5) is 11.0. The molecule has 0 rings (SSSR count). The van der Waals surface area contributed by atoms with E-state index in [4.69, 9.17) is 14.3 Å². The molecule has 0 aromatic rings. The summed E-state index contributed by atoms with van der Waals surface area (Å²) in [7, 11) is -0.134. The summed E-state index contributed by atoms with van der Waals surface area (Å²) in [6.45, 7) is 19.1. The van der Waals surface area contributed by atoms with E-state index in [2.05, 4.69) is 53.8 Å². The summed E-state index contributed by atoms with van der Waals surface area (Å²) in [5.41, 5.74) is 1.08. The Morgan fingerprint density at radius 2 is 1.71 bits per heavy atom. The summed E-state index contributed by atoms with van der Waals surface area (Å²) in [5, 5.41) is 9.20. The van der Waals surface area contributed by atoms with Crippen molar-refractivity contribution in [2.75, 3.05) is 7.11 Å². The monoisotopic (exact) mass is 358 g/mol. The van der Waals surface area contributed by atoms with Crippen LogP contribution < -0.4 is 0 Å². The van der Waals surface area contributed by atoms with Crippen molar-refractivity contribution in [1.29, 1.82) is 0 Å². The molecule has 0 amide bonds. The molecule has 5 heteroatoms. The van der Waals surface area contributed by atoms with Crippen LogP contribution in [0.15, 0.2) is 11.6 Å². The average Bonchev–Trinajstić information content (AvgIpc) is 2.36. The summed E-state index contributed by atoms with van der Waals surface area (Å²) in [5.74, 6) is -0.959. The van der Waals surface area contributed by atoms with Gasteiger partial charge in [0, 0.05) is 13.0 Å². The number of ether oxygens (including phenoxy) is 1. The van der Waals surface area contributed by atoms with E-state index in [1.165, 1.54) is 0 Å². The Bertz CT molecular complexity index is 437. The molecule has 24 heavy (non-hydrogen) atoms. The van der Waals surface area contributed by atoms with Crippen molar-refractivity contribution < 1.29 is 19.1 Å². The van der Waals surface area contributed by atoms with Crippen molar-refractivity contribution in [3.8, 4) is 0 Å². The van der Waals surface area contributed by atoms with Gasteiger partial charge < -0.3 is 14.3 Å². The van der Waals surface area contributed by atoms with Gasteiger partial charge in [-0.2, -0.15) is 0 Å². The van der Waals surface area contributed by atoms with Crippen LogP contribution in [0.2, 0.25) is 18.1 Å². The number of aliphatic carboxylic acids is 1. The van der Waals surface area contributed by atoms with Gasteiger partial charge in [0.2, 0.25) is 0 Å². The standard InChI is InChI=1S/C19H38O4Si/c1-13(12-15(3)18(20)21)11-14(2)17(22-8)16(4)23-24(9,10)19(5,6)7/h11,14-17H,12H2,1-10H3,(H,20,21)/b13-11+/t14-,15-,16-,17+/m0/s1. The molecule has 0 spiro atoms. The Morgan fingerprint density at radius 1 is 1.21 bits per heavy atom. The fourth-order valence-corrected chi connectivity index (χ4v) is 4.14. The molecule has 0 aromatic heterocycles. The molecule has 0 aliphatic carbocycles. The Morgan fingerprint density at radius 3 is 2.08 bits per heavy atom. The number of carbonyl (C=O) groups is 1. The second kappa shape index (κ2) is 9.16. The number of hydrogen-bond acceptors (Lipinski definition) is 3. The number of allylic oxidation sites excluding steroid dienone is 1. The van der Waals surface area contributed by atoms with Crippen molar-refractivity contribution in [1.82, 2.24) is 0 Å². The number of methoxy groups -OCH3 is 1. The maximum Gasteiger partial charge on any atom is 0.306 e. The molecule has 1 N–H and O–H groups in total. The SMILES string of the molecule is CO[C@@H]([C@H](C)O[Si](C)(C)C(C)(C)C)[C@@H](C)/C=C(\C)C[C@H](C)C(=O)O. The number of rotatable bonds is 9. The van der Waals surface area contributed by atoms with Gasteiger partial charge in [-0.1, -0.05) is 46.3 Å². The van der Waals surface area contributed by atoms with E-state index in [0.717, 1.165) is 5.57 Å². The van der Waals surface area contributed by atoms with Crippen molar-refractivity contribution in [3.63, 3.8) is 0 Å². The molecule has 0 fully saturated rings. The molecule has 0 saturated heterocycles. The van der Waals surface area contributed by atoms with Gasteiger partial charge >= 0.3 is 5.97 Å². The second-order valence-corrected chi connectivity index (χ2v) is 13.4. The highest BCUT2D eigenvalue weighted by Crippen LogP contribution is 2.38. The summed E-state index contributed by atoms with van der Waals surface area (Å²) < 4.78 is 12.2. The first-order valence-corrected chi connectivity index (χ1v) is 11.7. The molecule has 142 valence electrons. The first-order valence-electron chi connectivity index (χ1n) is 8.83. The minimum absolute atomic E-state index is 0.00756. The molecule has 0 saturated carbocycles. The predicted molar refractivity (Wildman–Crippen MR) is 103 cm³/mol. The van der Waals surface area contributed by atoms with Crippen LogP contribution in [0.25, 0.3) is 0 Å². The van der Waals surface area contributed by atoms with Gasteiger partial charge in [-0.3, -0.25) is 4.79 Å². The molecular weight excluding hydrogens is 320 g/mol. The van der Waals surface area contributed by atoms with Crippen molar-refractivity contribution >= 4 is 14.3 Å². The molecule has 0 heterocycles. The zero-order chi connectivity index (χ0) is 19.3. The lowest BCUT2D eigenvalue weighted by atomic mass is 9.94. The lowest BCUT2D eigenvalue weighted by Crippen LogP contribution is -2.47. The lowest BCUT2D eigenvalue weighted by Gasteiger charge is -2.41. The van der Waals surface area contributed by atoms with Crippen LogP contribution in [-0.4, -0.2) is 38.7 Å². The number of carboxylic acid groups (broad SMARTS) is 1. The van der Waals surface area contributed by atoms with Gasteiger partial charge in [-0.25, -0.2) is 0 Å². The van der Waals surface area contributed by atoms with Crippen LogP contribution in [0.3, 0.4) is 0 Å². The molecule has 0 unspecified atom stereocenters. The van der Waals surface area contributed by atoms with E-state index in [-0.39, 0.29) is 29.1 Å². The van der Waals surface area contributed by atoms with Crippen LogP contribution in [0.4, 0.5) is 0 Å². The molecule has 0 radical (unpaired) electrons. The van der Waals surface area contributed by atoms with E-state index in [0.29, 0.717) is 6.42 Å². The highest BCUT2D eigenvalue weighted by Gasteiger charge is 2.40. The van der Waals surface area contributed by atoms with E-state index < -0.39 is 14.3 Å². The molecule has 0 aliphatic heterocycles. The van der Waals surface area contributed by atoms with Crippen molar-refractivity contribution in [3.05, 3.63) is 11.6 Å². The van der Waals surface area contributed by atoms with E-state index in [1.807, 2.05) is 6.92 Å². The van der Waals surface area contributed by atoms with Crippen LogP contribution in [0.1, 0.15) is 54.9 Å². The molecule has 0 aromatic carbocycles. The van der Waals surface area contributed by atoms with Gasteiger partial charge in [0.15, 0.2) is 8.32 Å². The van der Waals surface area contributed by atoms with Gasteiger partial charge in [-0.05, 0) is 38.4 Å². The summed E-state index contributed by atoms with van der Waals surface area (Å²) >= 11 is 0. The Kier molecular flexibility index (Phi) is 8.91. The third-order valence-corrected chi connectivity index (χ3v) is 9.71. The normalized spacial score (nSPS) is 18.8. The number of carboxylic acids is 1. The Hall–Kier alpha value is -0.653. The first kappa shape index (κ1) is 23.3. The fraction of sp³-hybridized carbons (Fsp3) is 0.842. The third kappa shape index (κ3) is 7.07. The third-order valence-electron chi connectivity index (χ3n) is 5.14. The van der Waals surface area contributed by atoms with Gasteiger partial charge in [0.25, 0.3) is 0 Å². The molecule has 4 atom stereocenters. The minimum atomic E-state index is -1.85. The Labute approximate surface area is 149 Å². The van der Waals surface area contributed by atoms with Crippen LogP contribution in [0, 0.1) is 11.8 Å². The second-order valence-electron chi connectivity index (χ2n) is 8.60. The van der Waals surface area contributed by atoms with Gasteiger partial charge in [0.1, 0.15) is 0 Å². The van der Waals surface area contributed by atoms with Crippen molar-refractivity contribution in [2.45, 2.75) is 85.2 Å². The average molecular weight is 359 g/mol. The predicted octanol–water partition coefficient (Wildman–Crippen LogP) is 5.10. The molecule has 0 bridgehead atoms. The van der Waals surface area contributed by atoms with E-state index in [9.17, 15) is 4.79 Å². The largest absolute Gasteiger partial charge is 0.481 e. The smallest absolute Gasteiger partial charge is 0.306 e. The summed E-state index contributed by atoms with van der Waals surface area (Å²) in [6.07, 6.45) is 2.63. The van der Waals surface area contributed by atoms with Crippen LogP contribution >= 0.6 is 0 Å². The Balaban J connectivity index is 5.03. The minimum Gasteiger partial charge on any atom is -0.481 e. The highest BCUT2D eigenvalue weighted by atomic mass is 28.4. The maximum absolute atomic E-state index is 11.0. The maximum atomic E-state index is 11.0. The van der Waals surface area contributed by atoms with E-state index in [1.54, 1.807) is 14.0 Å². The quantitative estimate of drug-likeness (QED) is 0.460. The fourth-order valence-electron chi connectivity index (χ4n) is 2.72. The molecular formula is C19H38O4Si. The highest BCUT2D eigenvalue weighted by molar-refractivity contribution is 6.74. The topological polar surface area (TPSA) is 55.8 Å². The zero-order valence-corrected chi connectivity index (χ0v) is 18.3. The van der Waals surface area contributed by atoms with Gasteiger partial charge in [-0.15, -0.1) is 0 Å². The zero-order valence-electron chi connectivity index (χ0n) is 17.3. The molecule has 4 nitrogen and oxygen atoms in total. The lowest BCUT2D eigenvalue weighted by molar-refractivity contribution is -0.141.